The smallest absolute Gasteiger partial charge is 0.178 e. The Hall–Kier alpha value is -1.71. The average Bonchev–Trinajstić information content (AvgIpc) is 2.52. The van der Waals surface area contributed by atoms with Crippen molar-refractivity contribution in [3.05, 3.63) is 62.7 Å². The zero-order valence-corrected chi connectivity index (χ0v) is 15.4. The van der Waals surface area contributed by atoms with E-state index in [1.807, 2.05) is 43.3 Å². The molecule has 4 heteroatoms. The first kappa shape index (κ1) is 16.2. The molecule has 0 N–H and O–H groups in total. The molecule has 0 fully saturated rings. The number of fused-ring (bicyclic) bond motifs is 1. The number of nitrogens with zero attached hydrogens (tertiary/aromatic N) is 1. The molecule has 2 aromatic carbocycles. The van der Waals surface area contributed by atoms with Crippen LogP contribution in [0.25, 0.3) is 22.0 Å². The second-order valence-electron chi connectivity index (χ2n) is 5.62. The molecule has 3 rings (SSSR count). The lowest BCUT2D eigenvalue weighted by molar-refractivity contribution is 0.101. The van der Waals surface area contributed by atoms with Crippen LogP contribution in [0, 0.1) is 13.8 Å². The van der Waals surface area contributed by atoms with Crippen molar-refractivity contribution in [1.82, 2.24) is 4.98 Å². The van der Waals surface area contributed by atoms with Crippen LogP contribution in [-0.4, -0.2) is 10.8 Å². The van der Waals surface area contributed by atoms with Crippen LogP contribution in [0.15, 0.2) is 40.9 Å². The second kappa shape index (κ2) is 6.06. The molecule has 0 atom stereocenters. The van der Waals surface area contributed by atoms with Gasteiger partial charge in [-0.05, 0) is 48.7 Å². The van der Waals surface area contributed by atoms with Crippen LogP contribution >= 0.6 is 27.5 Å². The summed E-state index contributed by atoms with van der Waals surface area (Å²) in [5.41, 5.74) is 5.29. The van der Waals surface area contributed by atoms with E-state index >= 15 is 0 Å². The van der Waals surface area contributed by atoms with Gasteiger partial charge in [-0.3, -0.25) is 4.79 Å². The summed E-state index contributed by atoms with van der Waals surface area (Å²) in [7, 11) is 0. The standard InChI is InChI=1S/C19H15BrClNO/c1-10-8-17-18(11(2)19(10)20)14(9-16(22-17)12(3)23)13-6-4-5-7-15(13)21/h4-9H,1-3H3. The molecule has 0 bridgehead atoms. The van der Waals surface area contributed by atoms with Crippen molar-refractivity contribution in [3.63, 3.8) is 0 Å². The number of halogens is 2. The summed E-state index contributed by atoms with van der Waals surface area (Å²) >= 11 is 10.0. The van der Waals surface area contributed by atoms with E-state index in [0.29, 0.717) is 10.7 Å². The van der Waals surface area contributed by atoms with Crippen LogP contribution in [0.2, 0.25) is 5.02 Å². The summed E-state index contributed by atoms with van der Waals surface area (Å²) in [4.78, 5) is 16.4. The van der Waals surface area contributed by atoms with Crippen LogP contribution in [0.5, 0.6) is 0 Å². The van der Waals surface area contributed by atoms with Gasteiger partial charge in [0, 0.05) is 27.4 Å². The Bertz CT molecular complexity index is 950. The van der Waals surface area contributed by atoms with Crippen molar-refractivity contribution in [2.45, 2.75) is 20.8 Å². The molecule has 0 saturated carbocycles. The Morgan fingerprint density at radius 1 is 1.13 bits per heavy atom. The molecular weight excluding hydrogens is 374 g/mol. The van der Waals surface area contributed by atoms with Crippen LogP contribution < -0.4 is 0 Å². The molecule has 1 aromatic heterocycles. The summed E-state index contributed by atoms with van der Waals surface area (Å²) in [6.07, 6.45) is 0. The number of benzene rings is 2. The third-order valence-corrected chi connectivity index (χ3v) is 5.53. The Morgan fingerprint density at radius 3 is 2.48 bits per heavy atom. The average molecular weight is 389 g/mol. The van der Waals surface area contributed by atoms with Crippen molar-refractivity contribution in [3.8, 4) is 11.1 Å². The third kappa shape index (κ3) is 2.79. The lowest BCUT2D eigenvalue weighted by Gasteiger charge is -2.15. The monoisotopic (exact) mass is 387 g/mol. The molecule has 0 radical (unpaired) electrons. The second-order valence-corrected chi connectivity index (χ2v) is 6.82. The van der Waals surface area contributed by atoms with Gasteiger partial charge in [-0.25, -0.2) is 4.98 Å². The number of pyridine rings is 1. The number of aromatic nitrogens is 1. The van der Waals surface area contributed by atoms with Crippen LogP contribution in [-0.2, 0) is 0 Å². The normalized spacial score (nSPS) is 11.0. The first-order chi connectivity index (χ1) is 10.9. The number of Topliss-reactive ketones (excluding diaryl/α,β-unsaturated/α-hetero) is 1. The van der Waals surface area contributed by atoms with Crippen molar-refractivity contribution < 1.29 is 4.79 Å². The molecule has 116 valence electrons. The lowest BCUT2D eigenvalue weighted by atomic mass is 9.95. The van der Waals surface area contributed by atoms with Gasteiger partial charge in [0.05, 0.1) is 5.52 Å². The summed E-state index contributed by atoms with van der Waals surface area (Å²) in [6.45, 7) is 5.60. The fourth-order valence-corrected chi connectivity index (χ4v) is 3.36. The maximum atomic E-state index is 11.9. The van der Waals surface area contributed by atoms with Gasteiger partial charge in [0.1, 0.15) is 5.69 Å². The third-order valence-electron chi connectivity index (χ3n) is 3.98. The largest absolute Gasteiger partial charge is 0.293 e. The minimum atomic E-state index is -0.0570. The topological polar surface area (TPSA) is 30.0 Å². The summed E-state index contributed by atoms with van der Waals surface area (Å²) in [5.74, 6) is -0.0570. The van der Waals surface area contributed by atoms with Gasteiger partial charge in [-0.2, -0.15) is 0 Å². The summed E-state index contributed by atoms with van der Waals surface area (Å²) in [5, 5.41) is 1.67. The van der Waals surface area contributed by atoms with Gasteiger partial charge in [0.15, 0.2) is 5.78 Å². The van der Waals surface area contributed by atoms with E-state index in [1.165, 1.54) is 6.92 Å². The van der Waals surface area contributed by atoms with E-state index < -0.39 is 0 Å². The first-order valence-electron chi connectivity index (χ1n) is 7.26. The van der Waals surface area contributed by atoms with E-state index in [-0.39, 0.29) is 5.78 Å². The molecule has 0 aliphatic heterocycles. The Kier molecular flexibility index (Phi) is 4.26. The van der Waals surface area contributed by atoms with Gasteiger partial charge >= 0.3 is 0 Å². The minimum absolute atomic E-state index is 0.0570. The summed E-state index contributed by atoms with van der Waals surface area (Å²) < 4.78 is 1.05. The highest BCUT2D eigenvalue weighted by molar-refractivity contribution is 9.10. The van der Waals surface area contributed by atoms with E-state index in [0.717, 1.165) is 37.6 Å². The molecular formula is C19H15BrClNO. The maximum absolute atomic E-state index is 11.9. The van der Waals surface area contributed by atoms with Crippen LogP contribution in [0.1, 0.15) is 28.5 Å². The predicted octanol–water partition coefficient (Wildman–Crippen LogP) is 6.14. The number of aryl methyl sites for hydroxylation is 2. The van der Waals surface area contributed by atoms with Gasteiger partial charge in [0.2, 0.25) is 0 Å². The number of hydrogen-bond acceptors (Lipinski definition) is 2. The quantitative estimate of drug-likeness (QED) is 0.494. The molecule has 0 spiro atoms. The van der Waals surface area contributed by atoms with E-state index in [2.05, 4.69) is 27.8 Å². The highest BCUT2D eigenvalue weighted by atomic mass is 79.9. The van der Waals surface area contributed by atoms with Crippen molar-refractivity contribution >= 4 is 44.2 Å². The molecule has 2 nitrogen and oxygen atoms in total. The number of hydrogen-bond donors (Lipinski definition) is 0. The highest BCUT2D eigenvalue weighted by Gasteiger charge is 2.16. The lowest BCUT2D eigenvalue weighted by Crippen LogP contribution is -2.00. The minimum Gasteiger partial charge on any atom is -0.293 e. The van der Waals surface area contributed by atoms with E-state index in [1.54, 1.807) is 0 Å². The molecule has 0 aliphatic carbocycles. The zero-order valence-electron chi connectivity index (χ0n) is 13.1. The fourth-order valence-electron chi connectivity index (χ4n) is 2.81. The highest BCUT2D eigenvalue weighted by Crippen LogP contribution is 2.38. The van der Waals surface area contributed by atoms with Crippen LogP contribution in [0.3, 0.4) is 0 Å². The van der Waals surface area contributed by atoms with Gasteiger partial charge in [-0.1, -0.05) is 45.7 Å². The number of ketones is 1. The SMILES string of the molecule is CC(=O)c1cc(-c2ccccc2Cl)c2c(C)c(Br)c(C)cc2n1. The molecule has 0 saturated heterocycles. The Morgan fingerprint density at radius 2 is 1.83 bits per heavy atom. The summed E-state index contributed by atoms with van der Waals surface area (Å²) in [6, 6.07) is 11.5. The number of carbonyl (C=O) groups excluding carboxylic acids is 1. The maximum Gasteiger partial charge on any atom is 0.178 e. The molecule has 0 amide bonds. The van der Waals surface area contributed by atoms with Crippen molar-refractivity contribution in [2.24, 2.45) is 0 Å². The van der Waals surface area contributed by atoms with E-state index in [9.17, 15) is 4.79 Å². The molecule has 3 aromatic rings. The Balaban J connectivity index is 2.50. The van der Waals surface area contributed by atoms with Gasteiger partial charge in [-0.15, -0.1) is 0 Å². The predicted molar refractivity (Wildman–Crippen MR) is 99.4 cm³/mol. The number of carbonyl (C=O) groups is 1. The molecule has 1 heterocycles. The zero-order chi connectivity index (χ0) is 16.7. The molecule has 0 unspecified atom stereocenters. The van der Waals surface area contributed by atoms with Gasteiger partial charge < -0.3 is 0 Å². The van der Waals surface area contributed by atoms with E-state index in [4.69, 9.17) is 11.6 Å². The van der Waals surface area contributed by atoms with Crippen molar-refractivity contribution in [2.75, 3.05) is 0 Å². The fraction of sp³-hybridized carbons (Fsp3) is 0.158. The van der Waals surface area contributed by atoms with Crippen LogP contribution in [0.4, 0.5) is 0 Å². The first-order valence-corrected chi connectivity index (χ1v) is 8.43. The molecule has 0 aliphatic rings. The van der Waals surface area contributed by atoms with Crippen molar-refractivity contribution in [1.29, 1.82) is 0 Å². The Labute approximate surface area is 148 Å². The number of rotatable bonds is 2. The molecule has 23 heavy (non-hydrogen) atoms. The van der Waals surface area contributed by atoms with Gasteiger partial charge in [0.25, 0.3) is 0 Å².